The molecule has 7 nitrogen and oxygen atoms in total. The van der Waals surface area contributed by atoms with Crippen molar-refractivity contribution in [3.8, 4) is 0 Å². The molecule has 0 aliphatic heterocycles. The van der Waals surface area contributed by atoms with Crippen molar-refractivity contribution in [2.75, 3.05) is 19.8 Å². The summed E-state index contributed by atoms with van der Waals surface area (Å²) in [5, 5.41) is 9.17. The van der Waals surface area contributed by atoms with E-state index < -0.39 is 26.0 Å². The highest BCUT2D eigenvalue weighted by Crippen LogP contribution is 2.45. The predicted molar refractivity (Wildman–Crippen MR) is 128 cm³/mol. The standard InChI is InChI=1S/C22H45O7PS/c1-2-3-4-5-6-7-8-9-10-11-12-13-14-15-16-17-18-27-20-21(19-23)28-22(24)30(25,26)29-31/h21,23,31H,2-20H2,1H3,(H,25,26)/t21-/m0/s1. The second kappa shape index (κ2) is 21.7. The summed E-state index contributed by atoms with van der Waals surface area (Å²) < 4.78 is 25.2. The SMILES string of the molecule is CCCCCCCCCCCCCCCCCCOC[C@H](CO)OC(=O)P(=O)(O)OS. The molecule has 186 valence electrons. The third-order valence-electron chi connectivity index (χ3n) is 5.26. The summed E-state index contributed by atoms with van der Waals surface area (Å²) in [6.45, 7) is 2.22. The lowest BCUT2D eigenvalue weighted by Gasteiger charge is -2.16. The van der Waals surface area contributed by atoms with E-state index in [0.717, 1.165) is 12.8 Å². The lowest BCUT2D eigenvalue weighted by atomic mass is 10.0. The first kappa shape index (κ1) is 30.9. The molecule has 0 heterocycles. The number of hydrogen-bond donors (Lipinski definition) is 3. The summed E-state index contributed by atoms with van der Waals surface area (Å²) in [4.78, 5) is 20.5. The van der Waals surface area contributed by atoms with Gasteiger partial charge >= 0.3 is 13.3 Å². The maximum atomic E-state index is 11.4. The summed E-state index contributed by atoms with van der Waals surface area (Å²) in [7, 11) is -4.57. The van der Waals surface area contributed by atoms with Gasteiger partial charge in [0.05, 0.1) is 13.2 Å². The molecular weight excluding hydrogens is 439 g/mol. The Hall–Kier alpha value is -0.110. The molecule has 0 radical (unpaired) electrons. The highest BCUT2D eigenvalue weighted by molar-refractivity contribution is 7.85. The average molecular weight is 485 g/mol. The van der Waals surface area contributed by atoms with Crippen LogP contribution in [-0.2, 0) is 18.0 Å². The fraction of sp³-hybridized carbons (Fsp3) is 0.955. The molecule has 0 saturated carbocycles. The number of aliphatic hydroxyl groups excluding tert-OH is 1. The third-order valence-corrected chi connectivity index (χ3v) is 6.71. The van der Waals surface area contributed by atoms with Crippen molar-refractivity contribution in [1.82, 2.24) is 0 Å². The molecular formula is C22H45O7PS. The predicted octanol–water partition coefficient (Wildman–Crippen LogP) is 6.81. The van der Waals surface area contributed by atoms with Gasteiger partial charge in [0, 0.05) is 6.61 Å². The maximum Gasteiger partial charge on any atom is 0.446 e. The summed E-state index contributed by atoms with van der Waals surface area (Å²) in [5.74, 6) is 0. The van der Waals surface area contributed by atoms with Crippen LogP contribution in [0.3, 0.4) is 0 Å². The number of unbranched alkanes of at least 4 members (excludes halogenated alkanes) is 15. The van der Waals surface area contributed by atoms with E-state index in [-0.39, 0.29) is 6.61 Å². The first-order chi connectivity index (χ1) is 15.0. The minimum Gasteiger partial charge on any atom is -0.448 e. The van der Waals surface area contributed by atoms with Crippen LogP contribution in [0.4, 0.5) is 4.79 Å². The van der Waals surface area contributed by atoms with E-state index in [1.54, 1.807) is 0 Å². The topological polar surface area (TPSA) is 102 Å². The van der Waals surface area contributed by atoms with Crippen molar-refractivity contribution in [1.29, 1.82) is 0 Å². The Labute approximate surface area is 194 Å². The molecule has 0 aromatic carbocycles. The molecule has 0 saturated heterocycles. The van der Waals surface area contributed by atoms with Crippen LogP contribution in [0.2, 0.25) is 0 Å². The lowest BCUT2D eigenvalue weighted by molar-refractivity contribution is -0.000949. The number of carbonyl (C=O) groups is 1. The van der Waals surface area contributed by atoms with Crippen molar-refractivity contribution in [3.63, 3.8) is 0 Å². The van der Waals surface area contributed by atoms with Crippen LogP contribution in [0, 0.1) is 0 Å². The average Bonchev–Trinajstić information content (AvgIpc) is 2.77. The Morgan fingerprint density at radius 3 is 1.65 bits per heavy atom. The number of thiol groups is 1. The number of hydrogen-bond acceptors (Lipinski definition) is 7. The Morgan fingerprint density at radius 2 is 1.26 bits per heavy atom. The number of aliphatic hydroxyl groups is 1. The Bertz CT molecular complexity index is 465. The second-order valence-electron chi connectivity index (χ2n) is 8.17. The molecule has 0 fully saturated rings. The van der Waals surface area contributed by atoms with Crippen LogP contribution in [0.1, 0.15) is 110 Å². The zero-order valence-corrected chi connectivity index (χ0v) is 21.1. The molecule has 0 spiro atoms. The molecule has 0 aromatic rings. The minimum atomic E-state index is -4.57. The van der Waals surface area contributed by atoms with E-state index in [9.17, 15) is 9.36 Å². The first-order valence-electron chi connectivity index (χ1n) is 12.0. The van der Waals surface area contributed by atoms with Crippen LogP contribution >= 0.6 is 20.5 Å². The highest BCUT2D eigenvalue weighted by atomic mass is 32.1. The smallest absolute Gasteiger partial charge is 0.446 e. The normalized spacial score (nSPS) is 14.3. The van der Waals surface area contributed by atoms with Crippen molar-refractivity contribution >= 4 is 26.2 Å². The molecule has 9 heteroatoms. The summed E-state index contributed by atoms with van der Waals surface area (Å²) in [5.41, 5.74) is -1.45. The Balaban J connectivity index is 3.39. The van der Waals surface area contributed by atoms with Gasteiger partial charge in [0.2, 0.25) is 0 Å². The minimum absolute atomic E-state index is 0.0342. The van der Waals surface area contributed by atoms with E-state index in [4.69, 9.17) is 14.7 Å². The maximum absolute atomic E-state index is 11.4. The number of carbonyl (C=O) groups excluding carboxylic acids is 1. The van der Waals surface area contributed by atoms with Gasteiger partial charge in [-0.1, -0.05) is 103 Å². The summed E-state index contributed by atoms with van der Waals surface area (Å²) in [6.07, 6.45) is 19.8. The van der Waals surface area contributed by atoms with E-state index in [0.29, 0.717) is 6.61 Å². The first-order valence-corrected chi connectivity index (χ1v) is 14.0. The molecule has 0 rings (SSSR count). The van der Waals surface area contributed by atoms with E-state index in [2.05, 4.69) is 28.5 Å². The largest absolute Gasteiger partial charge is 0.448 e. The fourth-order valence-corrected chi connectivity index (χ4v) is 3.88. The van der Waals surface area contributed by atoms with Gasteiger partial charge in [-0.25, -0.2) is 13.3 Å². The van der Waals surface area contributed by atoms with Crippen LogP contribution in [0.15, 0.2) is 0 Å². The zero-order chi connectivity index (χ0) is 23.2. The van der Waals surface area contributed by atoms with Gasteiger partial charge < -0.3 is 19.5 Å². The van der Waals surface area contributed by atoms with Crippen LogP contribution in [-0.4, -0.2) is 41.6 Å². The molecule has 0 aromatic heterocycles. The molecule has 2 atom stereocenters. The molecule has 31 heavy (non-hydrogen) atoms. The zero-order valence-electron chi connectivity index (χ0n) is 19.3. The van der Waals surface area contributed by atoms with Gasteiger partial charge in [0.15, 0.2) is 0 Å². The number of rotatable bonds is 23. The molecule has 0 bridgehead atoms. The van der Waals surface area contributed by atoms with Gasteiger partial charge in [-0.2, -0.15) is 0 Å². The van der Waals surface area contributed by atoms with E-state index in [1.807, 2.05) is 0 Å². The van der Waals surface area contributed by atoms with Crippen LogP contribution in [0.25, 0.3) is 0 Å². The third kappa shape index (κ3) is 19.1. The molecule has 0 aliphatic rings. The lowest BCUT2D eigenvalue weighted by Crippen LogP contribution is -2.26. The van der Waals surface area contributed by atoms with Crippen molar-refractivity contribution < 1.29 is 32.8 Å². The number of ether oxygens (including phenoxy) is 2. The molecule has 0 aliphatic carbocycles. The van der Waals surface area contributed by atoms with Gasteiger partial charge in [0.25, 0.3) is 0 Å². The van der Waals surface area contributed by atoms with E-state index >= 15 is 0 Å². The Kier molecular flexibility index (Phi) is 21.6. The highest BCUT2D eigenvalue weighted by Gasteiger charge is 2.34. The van der Waals surface area contributed by atoms with Crippen LogP contribution < -0.4 is 0 Å². The van der Waals surface area contributed by atoms with Gasteiger partial charge in [-0.05, 0) is 19.3 Å². The quantitative estimate of drug-likeness (QED) is 0.0633. The summed E-state index contributed by atoms with van der Waals surface area (Å²) >= 11 is 3.16. The van der Waals surface area contributed by atoms with Crippen molar-refractivity contribution in [2.24, 2.45) is 0 Å². The van der Waals surface area contributed by atoms with Gasteiger partial charge in [-0.3, -0.25) is 0 Å². The summed E-state index contributed by atoms with van der Waals surface area (Å²) in [6, 6.07) is 0. The van der Waals surface area contributed by atoms with Gasteiger partial charge in [0.1, 0.15) is 6.10 Å². The van der Waals surface area contributed by atoms with E-state index in [1.165, 1.54) is 89.9 Å². The monoisotopic (exact) mass is 484 g/mol. The van der Waals surface area contributed by atoms with Crippen LogP contribution in [0.5, 0.6) is 0 Å². The molecule has 0 amide bonds. The second-order valence-corrected chi connectivity index (χ2v) is 10.2. The molecule has 1 unspecified atom stereocenters. The Morgan fingerprint density at radius 1 is 0.839 bits per heavy atom. The van der Waals surface area contributed by atoms with Crippen molar-refractivity contribution in [2.45, 2.75) is 116 Å². The van der Waals surface area contributed by atoms with Gasteiger partial charge in [-0.15, -0.1) is 0 Å². The van der Waals surface area contributed by atoms with Crippen molar-refractivity contribution in [3.05, 3.63) is 0 Å². The fourth-order valence-electron chi connectivity index (χ4n) is 3.33. The molecule has 2 N–H and O–H groups in total.